The summed E-state index contributed by atoms with van der Waals surface area (Å²) in [6.07, 6.45) is 0. The Balaban J connectivity index is 1.71. The van der Waals surface area contributed by atoms with Gasteiger partial charge in [-0.2, -0.15) is 0 Å². The first-order valence-electron chi connectivity index (χ1n) is 7.79. The van der Waals surface area contributed by atoms with Gasteiger partial charge in [0.2, 0.25) is 0 Å². The predicted octanol–water partition coefficient (Wildman–Crippen LogP) is 6.98. The fourth-order valence-corrected chi connectivity index (χ4v) is 4.36. The smallest absolute Gasteiger partial charge is 0.264 e. The van der Waals surface area contributed by atoms with E-state index in [0.717, 1.165) is 16.0 Å². The van der Waals surface area contributed by atoms with Crippen LogP contribution in [0.4, 0.5) is 5.13 Å². The number of nitrogens with zero attached hydrogens (tertiary/aromatic N) is 1. The first-order chi connectivity index (χ1) is 13.3. The maximum atomic E-state index is 12.2. The Hall–Kier alpha value is -1.15. The Morgan fingerprint density at radius 2 is 1.68 bits per heavy atom. The van der Waals surface area contributed by atoms with Crippen molar-refractivity contribution in [1.29, 1.82) is 0 Å². The van der Waals surface area contributed by atoms with Crippen molar-refractivity contribution in [1.82, 2.24) is 4.98 Å². The summed E-state index contributed by atoms with van der Waals surface area (Å²) < 4.78 is 11.7. The molecule has 0 saturated heterocycles. The lowest BCUT2D eigenvalue weighted by atomic mass is 10.3. The van der Waals surface area contributed by atoms with Crippen molar-refractivity contribution in [3.63, 3.8) is 0 Å². The van der Waals surface area contributed by atoms with E-state index in [2.05, 4.69) is 10.3 Å². The van der Waals surface area contributed by atoms with E-state index < -0.39 is 5.91 Å². The van der Waals surface area contributed by atoms with E-state index >= 15 is 0 Å². The fraction of sp³-hybridized carbons (Fsp3) is 0.176. The molecule has 5 nitrogen and oxygen atoms in total. The molecule has 1 heterocycles. The molecule has 0 radical (unpaired) electrons. The number of rotatable bonds is 6. The average molecular weight is 501 g/mol. The van der Waals surface area contributed by atoms with Gasteiger partial charge >= 0.3 is 0 Å². The van der Waals surface area contributed by atoms with Crippen LogP contribution in [0.3, 0.4) is 0 Å². The minimum absolute atomic E-state index is 0.00980. The number of hydrogen-bond donors (Lipinski definition) is 1. The van der Waals surface area contributed by atoms with E-state index in [-0.39, 0.29) is 37.5 Å². The molecule has 1 N–H and O–H groups in total. The van der Waals surface area contributed by atoms with E-state index in [1.165, 1.54) is 11.3 Å². The number of carbonyl (C=O) groups excluding carboxylic acids is 1. The summed E-state index contributed by atoms with van der Waals surface area (Å²) in [4.78, 5) is 16.6. The number of halogens is 5. The normalized spacial score (nSPS) is 10.9. The lowest BCUT2D eigenvalue weighted by Crippen LogP contribution is -2.20. The first-order valence-corrected chi connectivity index (χ1v) is 10.5. The third-order valence-electron chi connectivity index (χ3n) is 3.43. The molecule has 0 aliphatic heterocycles. The number of thiazole rings is 1. The Morgan fingerprint density at radius 1 is 1.04 bits per heavy atom. The van der Waals surface area contributed by atoms with Crippen molar-refractivity contribution < 1.29 is 14.3 Å². The molecule has 0 fully saturated rings. The van der Waals surface area contributed by atoms with Crippen molar-refractivity contribution >= 4 is 90.6 Å². The Bertz CT molecular complexity index is 1030. The number of anilines is 1. The lowest BCUT2D eigenvalue weighted by Gasteiger charge is -2.13. The summed E-state index contributed by atoms with van der Waals surface area (Å²) in [6.45, 7) is 2.09. The van der Waals surface area contributed by atoms with Crippen LogP contribution in [0.25, 0.3) is 10.2 Å². The zero-order valence-corrected chi connectivity index (χ0v) is 18.7. The molecule has 11 heteroatoms. The number of fused-ring (bicyclic) bond motifs is 1. The first kappa shape index (κ1) is 21.6. The highest BCUT2D eigenvalue weighted by Crippen LogP contribution is 2.48. The highest BCUT2D eigenvalue weighted by Gasteiger charge is 2.21. The summed E-state index contributed by atoms with van der Waals surface area (Å²) >= 11 is 31.3. The van der Waals surface area contributed by atoms with Crippen LogP contribution in [0, 0.1) is 0 Å². The number of benzene rings is 2. The highest BCUT2D eigenvalue weighted by molar-refractivity contribution is 7.22. The molecular formula is C17H11Cl5N2O3S. The van der Waals surface area contributed by atoms with Gasteiger partial charge in [0.15, 0.2) is 17.5 Å². The Labute approximate surface area is 189 Å². The van der Waals surface area contributed by atoms with Crippen molar-refractivity contribution in [3.05, 3.63) is 43.3 Å². The van der Waals surface area contributed by atoms with E-state index in [4.69, 9.17) is 67.5 Å². The maximum absolute atomic E-state index is 12.2. The van der Waals surface area contributed by atoms with E-state index in [1.54, 1.807) is 0 Å². The molecule has 0 bridgehead atoms. The summed E-state index contributed by atoms with van der Waals surface area (Å²) in [5.74, 6) is 0.252. The van der Waals surface area contributed by atoms with Gasteiger partial charge in [-0.25, -0.2) is 4.98 Å². The molecule has 3 rings (SSSR count). The number of hydrogen-bond acceptors (Lipinski definition) is 5. The topological polar surface area (TPSA) is 60.5 Å². The van der Waals surface area contributed by atoms with E-state index in [0.29, 0.717) is 11.7 Å². The summed E-state index contributed by atoms with van der Waals surface area (Å²) in [6, 6.07) is 5.50. The lowest BCUT2D eigenvalue weighted by molar-refractivity contribution is -0.118. The van der Waals surface area contributed by atoms with Crippen molar-refractivity contribution in [3.8, 4) is 11.5 Å². The molecule has 0 saturated carbocycles. The number of ether oxygens (including phenoxy) is 2. The van der Waals surface area contributed by atoms with Gasteiger partial charge < -0.3 is 9.47 Å². The zero-order chi connectivity index (χ0) is 20.4. The quantitative estimate of drug-likeness (QED) is 0.293. The van der Waals surface area contributed by atoms with Crippen molar-refractivity contribution in [2.45, 2.75) is 6.92 Å². The third kappa shape index (κ3) is 4.53. The van der Waals surface area contributed by atoms with Gasteiger partial charge in [-0.05, 0) is 25.1 Å². The largest absolute Gasteiger partial charge is 0.494 e. The molecule has 0 unspecified atom stereocenters. The second kappa shape index (κ2) is 9.11. The molecule has 1 amide bonds. The van der Waals surface area contributed by atoms with Crippen molar-refractivity contribution in [2.75, 3.05) is 18.5 Å². The Kier molecular flexibility index (Phi) is 7.02. The molecule has 0 spiro atoms. The van der Waals surface area contributed by atoms with Crippen LogP contribution < -0.4 is 14.8 Å². The number of nitrogens with one attached hydrogen (secondary N) is 1. The molecule has 148 valence electrons. The number of aromatic nitrogens is 1. The Morgan fingerprint density at radius 3 is 2.32 bits per heavy atom. The van der Waals surface area contributed by atoms with Crippen LogP contribution in [0.5, 0.6) is 11.5 Å². The maximum Gasteiger partial charge on any atom is 0.264 e. The monoisotopic (exact) mass is 498 g/mol. The van der Waals surface area contributed by atoms with Gasteiger partial charge in [-0.15, -0.1) is 0 Å². The average Bonchev–Trinajstić information content (AvgIpc) is 3.06. The molecule has 28 heavy (non-hydrogen) atoms. The van der Waals surface area contributed by atoms with Gasteiger partial charge in [0, 0.05) is 0 Å². The summed E-state index contributed by atoms with van der Waals surface area (Å²) in [5.41, 5.74) is 0.743. The fourth-order valence-electron chi connectivity index (χ4n) is 2.22. The summed E-state index contributed by atoms with van der Waals surface area (Å²) in [7, 11) is 0. The van der Waals surface area contributed by atoms with Gasteiger partial charge in [-0.3, -0.25) is 10.1 Å². The molecular weight excluding hydrogens is 490 g/mol. The number of carbonyl (C=O) groups is 1. The van der Waals surface area contributed by atoms with Crippen LogP contribution in [0.2, 0.25) is 25.1 Å². The van der Waals surface area contributed by atoms with Gasteiger partial charge in [0.1, 0.15) is 15.8 Å². The standard InChI is InChI=1S/C17H11Cl5N2O3S/c1-2-26-7-3-4-8-9(5-7)28-17(23-8)24-10(25)6-27-16-14(21)12(19)11(18)13(20)15(16)22/h3-5H,2,6H2,1H3,(H,23,24,25). The van der Waals surface area contributed by atoms with E-state index in [1.807, 2.05) is 25.1 Å². The molecule has 1 aromatic heterocycles. The van der Waals surface area contributed by atoms with Crippen LogP contribution >= 0.6 is 69.3 Å². The van der Waals surface area contributed by atoms with E-state index in [9.17, 15) is 4.79 Å². The second-order valence-corrected chi connectivity index (χ2v) is 8.24. The third-order valence-corrected chi connectivity index (χ3v) is 6.61. The zero-order valence-electron chi connectivity index (χ0n) is 14.1. The SMILES string of the molecule is CCOc1ccc2nc(NC(=O)COc3c(Cl)c(Cl)c(Cl)c(Cl)c3Cl)sc2c1. The molecule has 0 aliphatic carbocycles. The van der Waals surface area contributed by atoms with Gasteiger partial charge in [-0.1, -0.05) is 69.3 Å². The molecule has 3 aromatic rings. The van der Waals surface area contributed by atoms with Gasteiger partial charge in [0.05, 0.1) is 31.9 Å². The van der Waals surface area contributed by atoms with Crippen molar-refractivity contribution in [2.24, 2.45) is 0 Å². The second-order valence-electron chi connectivity index (χ2n) is 5.32. The molecule has 0 atom stereocenters. The van der Waals surface area contributed by atoms with Crippen LogP contribution in [0.15, 0.2) is 18.2 Å². The summed E-state index contributed by atoms with van der Waals surface area (Å²) in [5, 5.41) is 3.01. The highest BCUT2D eigenvalue weighted by atomic mass is 35.5. The van der Waals surface area contributed by atoms with Gasteiger partial charge in [0.25, 0.3) is 5.91 Å². The molecule has 2 aromatic carbocycles. The minimum atomic E-state index is -0.460. The van der Waals surface area contributed by atoms with Crippen LogP contribution in [-0.4, -0.2) is 24.1 Å². The molecule has 0 aliphatic rings. The van der Waals surface area contributed by atoms with Crippen LogP contribution in [-0.2, 0) is 4.79 Å². The predicted molar refractivity (Wildman–Crippen MR) is 116 cm³/mol. The minimum Gasteiger partial charge on any atom is -0.494 e. The van der Waals surface area contributed by atoms with Crippen LogP contribution in [0.1, 0.15) is 6.92 Å². The number of amides is 1.